The van der Waals surface area contributed by atoms with Gasteiger partial charge in [0.2, 0.25) is 5.88 Å². The Bertz CT molecular complexity index is 1350. The molecule has 1 atom stereocenters. The van der Waals surface area contributed by atoms with Gasteiger partial charge in [-0.3, -0.25) is 4.99 Å². The summed E-state index contributed by atoms with van der Waals surface area (Å²) in [6, 6.07) is 5.71. The number of hydrogen-bond donors (Lipinski definition) is 1. The van der Waals surface area contributed by atoms with Crippen LogP contribution in [0.5, 0.6) is 5.88 Å². The maximum atomic E-state index is 15.1. The van der Waals surface area contributed by atoms with Crippen LogP contribution in [0, 0.1) is 24.6 Å². The summed E-state index contributed by atoms with van der Waals surface area (Å²) < 4.78 is 20.4. The van der Waals surface area contributed by atoms with Gasteiger partial charge in [-0.2, -0.15) is 0 Å². The lowest BCUT2D eigenvalue weighted by atomic mass is 9.86. The molecule has 0 radical (unpaired) electrons. The van der Waals surface area contributed by atoms with Gasteiger partial charge in [0.05, 0.1) is 30.0 Å². The van der Waals surface area contributed by atoms with Gasteiger partial charge in [-0.15, -0.1) is 11.8 Å². The summed E-state index contributed by atoms with van der Waals surface area (Å²) in [7, 11) is 1.59. The Morgan fingerprint density at radius 1 is 1.16 bits per heavy atom. The van der Waals surface area contributed by atoms with Crippen LogP contribution in [-0.2, 0) is 18.6 Å². The molecule has 1 unspecified atom stereocenters. The monoisotopic (exact) mass is 532 g/mol. The number of ether oxygens (including phenoxy) is 1. The molecule has 0 bridgehead atoms. The van der Waals surface area contributed by atoms with E-state index in [9.17, 15) is 0 Å². The number of benzene rings is 2. The normalized spacial score (nSPS) is 17.4. The lowest BCUT2D eigenvalue weighted by Gasteiger charge is -2.23. The third kappa shape index (κ3) is 5.88. The number of nitrogens with zero attached hydrogens (tertiary/aromatic N) is 3. The van der Waals surface area contributed by atoms with Crippen LogP contribution in [0.2, 0.25) is 0 Å². The van der Waals surface area contributed by atoms with Gasteiger partial charge in [0.15, 0.2) is 0 Å². The number of nitrogens with one attached hydrogen (secondary N) is 1. The van der Waals surface area contributed by atoms with E-state index in [-0.39, 0.29) is 5.82 Å². The first-order chi connectivity index (χ1) is 18.4. The first kappa shape index (κ1) is 26.7. The molecule has 1 heterocycles. The third-order valence-electron chi connectivity index (χ3n) is 7.91. The van der Waals surface area contributed by atoms with E-state index in [4.69, 9.17) is 4.74 Å². The Morgan fingerprint density at radius 2 is 1.95 bits per heavy atom. The van der Waals surface area contributed by atoms with E-state index in [0.717, 1.165) is 75.6 Å². The summed E-state index contributed by atoms with van der Waals surface area (Å²) >= 11 is 1.68. The summed E-state index contributed by atoms with van der Waals surface area (Å²) in [4.78, 5) is 14.4. The SMILES string of the molecule is C=Nc1cc(F)c2c(c1SCc1cc(C)cc3nc(OC)cnc13)CC(CNC(=C)CC1CCCCC1)C2. The Balaban J connectivity index is 1.31. The molecule has 1 saturated carbocycles. The number of aromatic nitrogens is 2. The maximum Gasteiger partial charge on any atom is 0.232 e. The predicted octanol–water partition coefficient (Wildman–Crippen LogP) is 7.50. The van der Waals surface area contributed by atoms with Gasteiger partial charge in [0.1, 0.15) is 5.82 Å². The second kappa shape index (κ2) is 11.9. The van der Waals surface area contributed by atoms with Crippen molar-refractivity contribution in [1.29, 1.82) is 0 Å². The zero-order valence-electron chi connectivity index (χ0n) is 22.5. The first-order valence-corrected chi connectivity index (χ1v) is 14.6. The zero-order chi connectivity index (χ0) is 26.6. The summed E-state index contributed by atoms with van der Waals surface area (Å²) in [5, 5.41) is 3.58. The van der Waals surface area contributed by atoms with E-state index < -0.39 is 0 Å². The van der Waals surface area contributed by atoms with Crippen LogP contribution in [0.25, 0.3) is 11.0 Å². The quantitative estimate of drug-likeness (QED) is 0.216. The highest BCUT2D eigenvalue weighted by Gasteiger charge is 2.29. The van der Waals surface area contributed by atoms with Crippen molar-refractivity contribution in [2.24, 2.45) is 16.8 Å². The lowest BCUT2D eigenvalue weighted by Crippen LogP contribution is -2.24. The number of aliphatic imine (C=N–C) groups is 1. The molecule has 1 aromatic heterocycles. The van der Waals surface area contributed by atoms with Gasteiger partial charge < -0.3 is 10.1 Å². The largest absolute Gasteiger partial charge is 0.480 e. The van der Waals surface area contributed by atoms with E-state index in [1.54, 1.807) is 31.1 Å². The van der Waals surface area contributed by atoms with Crippen molar-refractivity contribution in [3.8, 4) is 5.88 Å². The van der Waals surface area contributed by atoms with Crippen molar-refractivity contribution in [2.45, 2.75) is 68.9 Å². The van der Waals surface area contributed by atoms with Crippen molar-refractivity contribution >= 4 is 35.2 Å². The highest BCUT2D eigenvalue weighted by atomic mass is 32.2. The summed E-state index contributed by atoms with van der Waals surface area (Å²) in [5.74, 6) is 2.10. The topological polar surface area (TPSA) is 59.4 Å². The van der Waals surface area contributed by atoms with Crippen LogP contribution in [-0.4, -0.2) is 30.3 Å². The number of halogens is 1. The van der Waals surface area contributed by atoms with Gasteiger partial charge in [0.25, 0.3) is 0 Å². The molecule has 2 aromatic carbocycles. The summed E-state index contributed by atoms with van der Waals surface area (Å²) in [6.45, 7) is 10.9. The third-order valence-corrected chi connectivity index (χ3v) is 9.11. The fourth-order valence-electron chi connectivity index (χ4n) is 6.01. The van der Waals surface area contributed by atoms with Gasteiger partial charge >= 0.3 is 0 Å². The van der Waals surface area contributed by atoms with Crippen LogP contribution in [0.15, 0.2) is 46.6 Å². The number of allylic oxidation sites excluding steroid dienone is 1. The highest BCUT2D eigenvalue weighted by Crippen LogP contribution is 2.43. The Labute approximate surface area is 229 Å². The molecular weight excluding hydrogens is 495 g/mol. The molecule has 0 amide bonds. The lowest BCUT2D eigenvalue weighted by molar-refractivity contribution is 0.349. The van der Waals surface area contributed by atoms with E-state index >= 15 is 4.39 Å². The molecule has 2 aliphatic carbocycles. The molecule has 0 spiro atoms. The van der Waals surface area contributed by atoms with Gasteiger partial charge in [-0.25, -0.2) is 14.4 Å². The van der Waals surface area contributed by atoms with Crippen LogP contribution in [0.4, 0.5) is 10.1 Å². The summed E-state index contributed by atoms with van der Waals surface area (Å²) in [5.41, 5.74) is 7.51. The summed E-state index contributed by atoms with van der Waals surface area (Å²) in [6.07, 6.45) is 10.9. The Hall–Kier alpha value is -2.93. The highest BCUT2D eigenvalue weighted by molar-refractivity contribution is 7.98. The molecule has 3 aromatic rings. The number of thioether (sulfide) groups is 1. The number of hydrogen-bond acceptors (Lipinski definition) is 6. The molecule has 5 rings (SSSR count). The number of methoxy groups -OCH3 is 1. The van der Waals surface area contributed by atoms with Crippen LogP contribution in [0.3, 0.4) is 0 Å². The number of rotatable bonds is 10. The molecular formula is C31H37FN4OS. The standard InChI is InChI=1S/C31H37FN4OS/c1-19-10-23(30-27(11-19)36-29(37-4)17-35-30)18-38-31-25-14-22(13-24(25)26(32)15-28(31)33-3)16-34-20(2)12-21-8-6-5-7-9-21/h10-11,15,17,21-22,34H,2-3,5-9,12-14,16,18H2,1,4H3. The van der Waals surface area contributed by atoms with Crippen molar-refractivity contribution < 1.29 is 9.13 Å². The second-order valence-corrected chi connectivity index (χ2v) is 11.8. The molecule has 0 aliphatic heterocycles. The van der Waals surface area contributed by atoms with E-state index in [0.29, 0.717) is 23.2 Å². The van der Waals surface area contributed by atoms with E-state index in [2.05, 4.69) is 46.6 Å². The number of fused-ring (bicyclic) bond motifs is 2. The van der Waals surface area contributed by atoms with Gasteiger partial charge in [0, 0.05) is 29.0 Å². The molecule has 200 valence electrons. The molecule has 1 fully saturated rings. The molecule has 38 heavy (non-hydrogen) atoms. The smallest absolute Gasteiger partial charge is 0.232 e. The van der Waals surface area contributed by atoms with E-state index in [1.165, 1.54) is 32.1 Å². The average Bonchev–Trinajstić information content (AvgIpc) is 3.36. The van der Waals surface area contributed by atoms with Crippen molar-refractivity contribution in [3.63, 3.8) is 0 Å². The molecule has 7 heteroatoms. The molecule has 1 N–H and O–H groups in total. The average molecular weight is 533 g/mol. The van der Waals surface area contributed by atoms with Crippen LogP contribution >= 0.6 is 11.8 Å². The molecule has 0 saturated heterocycles. The predicted molar refractivity (Wildman–Crippen MR) is 155 cm³/mol. The minimum Gasteiger partial charge on any atom is -0.480 e. The zero-order valence-corrected chi connectivity index (χ0v) is 23.3. The van der Waals surface area contributed by atoms with Crippen LogP contribution < -0.4 is 10.1 Å². The number of aryl methyl sites for hydroxylation is 1. The Kier molecular flexibility index (Phi) is 8.32. The maximum absolute atomic E-state index is 15.1. The second-order valence-electron chi connectivity index (χ2n) is 10.8. The van der Waals surface area contributed by atoms with Crippen LogP contribution in [0.1, 0.15) is 60.8 Å². The van der Waals surface area contributed by atoms with Crippen molar-refractivity contribution in [2.75, 3.05) is 13.7 Å². The van der Waals surface area contributed by atoms with Gasteiger partial charge in [-0.05, 0) is 73.1 Å². The van der Waals surface area contributed by atoms with E-state index in [1.807, 2.05) is 6.07 Å². The minimum atomic E-state index is -0.172. The van der Waals surface area contributed by atoms with Gasteiger partial charge in [-0.1, -0.05) is 44.7 Å². The molecule has 2 aliphatic rings. The minimum absolute atomic E-state index is 0.172. The first-order valence-electron chi connectivity index (χ1n) is 13.6. The van der Waals surface area contributed by atoms with Crippen molar-refractivity contribution in [3.05, 3.63) is 64.7 Å². The fraction of sp³-hybridized carbons (Fsp3) is 0.452. The Morgan fingerprint density at radius 3 is 2.71 bits per heavy atom. The molecule has 5 nitrogen and oxygen atoms in total. The fourth-order valence-corrected chi connectivity index (χ4v) is 7.18. The van der Waals surface area contributed by atoms with Crippen molar-refractivity contribution in [1.82, 2.24) is 15.3 Å².